The molecule has 0 spiro atoms. The zero-order valence-electron chi connectivity index (χ0n) is 13.0. The van der Waals surface area contributed by atoms with Crippen molar-refractivity contribution in [3.63, 3.8) is 0 Å². The molecule has 0 unspecified atom stereocenters. The fraction of sp³-hybridized carbons (Fsp3) is 0.500. The van der Waals surface area contributed by atoms with Gasteiger partial charge in [0.15, 0.2) is 4.80 Å². The lowest BCUT2D eigenvalue weighted by Gasteiger charge is -2.24. The second-order valence-electron chi connectivity index (χ2n) is 5.99. The first-order valence-corrected chi connectivity index (χ1v) is 8.80. The summed E-state index contributed by atoms with van der Waals surface area (Å²) in [7, 11) is 0. The molecule has 1 saturated carbocycles. The minimum absolute atomic E-state index is 0.665. The summed E-state index contributed by atoms with van der Waals surface area (Å²) in [6, 6.07) is 11.2. The summed E-state index contributed by atoms with van der Waals surface area (Å²) in [5.74, 6) is 0. The number of aromatic nitrogens is 1. The van der Waals surface area contributed by atoms with E-state index in [2.05, 4.69) is 48.7 Å². The Hall–Kier alpha value is -1.35. The third-order valence-corrected chi connectivity index (χ3v) is 5.61. The van der Waals surface area contributed by atoms with Gasteiger partial charge >= 0.3 is 0 Å². The van der Waals surface area contributed by atoms with Crippen LogP contribution in [0, 0.1) is 13.8 Å². The van der Waals surface area contributed by atoms with E-state index in [1.54, 1.807) is 0 Å². The van der Waals surface area contributed by atoms with Crippen LogP contribution in [0.1, 0.15) is 54.3 Å². The van der Waals surface area contributed by atoms with Crippen LogP contribution in [0.5, 0.6) is 0 Å². The van der Waals surface area contributed by atoms with E-state index in [-0.39, 0.29) is 0 Å². The summed E-state index contributed by atoms with van der Waals surface area (Å²) >= 11 is 1.85. The summed E-state index contributed by atoms with van der Waals surface area (Å²) in [6.07, 6.45) is 6.76. The van der Waals surface area contributed by atoms with E-state index < -0.39 is 0 Å². The lowest BCUT2D eigenvalue weighted by atomic mass is 9.95. The normalized spacial score (nSPS) is 17.3. The van der Waals surface area contributed by atoms with E-state index in [1.165, 1.54) is 53.0 Å². The standard InChI is InChI=1S/C18H24N2S/c1-14-15(2)21-18(19-13-16-9-5-3-6-10-16)20(14)17-11-7-4-8-12-17/h3,5-6,9-10,17H,4,7-8,11-13H2,1-2H3. The van der Waals surface area contributed by atoms with Gasteiger partial charge in [0.2, 0.25) is 0 Å². The second-order valence-corrected chi connectivity index (χ2v) is 7.17. The van der Waals surface area contributed by atoms with Gasteiger partial charge < -0.3 is 4.57 Å². The molecule has 112 valence electrons. The summed E-state index contributed by atoms with van der Waals surface area (Å²) in [6.45, 7) is 5.26. The summed E-state index contributed by atoms with van der Waals surface area (Å²) in [4.78, 5) is 7.53. The third-order valence-electron chi connectivity index (χ3n) is 4.50. The van der Waals surface area contributed by atoms with Crippen LogP contribution in [0.2, 0.25) is 0 Å². The number of hydrogen-bond donors (Lipinski definition) is 0. The number of benzene rings is 1. The molecule has 0 saturated heterocycles. The van der Waals surface area contributed by atoms with Crippen molar-refractivity contribution in [2.45, 2.75) is 58.5 Å². The molecule has 2 nitrogen and oxygen atoms in total. The Labute approximate surface area is 131 Å². The number of rotatable bonds is 3. The molecule has 1 aromatic heterocycles. The molecule has 0 amide bonds. The van der Waals surface area contributed by atoms with Crippen molar-refractivity contribution in [1.82, 2.24) is 4.57 Å². The molecule has 1 heterocycles. The minimum Gasteiger partial charge on any atom is -0.318 e. The molecule has 1 fully saturated rings. The van der Waals surface area contributed by atoms with Gasteiger partial charge in [-0.1, -0.05) is 49.6 Å². The molecule has 1 aliphatic rings. The molecule has 1 aliphatic carbocycles. The topological polar surface area (TPSA) is 17.3 Å². The Morgan fingerprint density at radius 3 is 2.52 bits per heavy atom. The quantitative estimate of drug-likeness (QED) is 0.776. The molecule has 21 heavy (non-hydrogen) atoms. The van der Waals surface area contributed by atoms with Crippen LogP contribution in [0.3, 0.4) is 0 Å². The van der Waals surface area contributed by atoms with E-state index >= 15 is 0 Å². The van der Waals surface area contributed by atoms with Crippen LogP contribution in [0.25, 0.3) is 0 Å². The number of hydrogen-bond acceptors (Lipinski definition) is 2. The van der Waals surface area contributed by atoms with E-state index in [0.29, 0.717) is 6.04 Å². The Bertz CT molecular complexity index is 646. The van der Waals surface area contributed by atoms with Crippen LogP contribution < -0.4 is 4.80 Å². The van der Waals surface area contributed by atoms with Crippen molar-refractivity contribution in [3.05, 3.63) is 51.3 Å². The average Bonchev–Trinajstić information content (AvgIpc) is 2.82. The fourth-order valence-electron chi connectivity index (χ4n) is 3.19. The Morgan fingerprint density at radius 1 is 1.10 bits per heavy atom. The lowest BCUT2D eigenvalue weighted by molar-refractivity contribution is 0.343. The van der Waals surface area contributed by atoms with Crippen LogP contribution >= 0.6 is 11.3 Å². The highest BCUT2D eigenvalue weighted by Crippen LogP contribution is 2.29. The maximum atomic E-state index is 4.91. The third kappa shape index (κ3) is 3.29. The summed E-state index contributed by atoms with van der Waals surface area (Å²) in [5, 5.41) is 0. The lowest BCUT2D eigenvalue weighted by Crippen LogP contribution is -2.24. The number of thiazole rings is 1. The first-order chi connectivity index (χ1) is 10.3. The van der Waals surface area contributed by atoms with Crippen LogP contribution in [0.15, 0.2) is 35.3 Å². The first kappa shape index (κ1) is 14.6. The predicted octanol–water partition coefficient (Wildman–Crippen LogP) is 4.77. The summed E-state index contributed by atoms with van der Waals surface area (Å²) in [5.41, 5.74) is 2.70. The number of nitrogens with zero attached hydrogens (tertiary/aromatic N) is 2. The molecule has 0 N–H and O–H groups in total. The maximum Gasteiger partial charge on any atom is 0.185 e. The van der Waals surface area contributed by atoms with E-state index in [9.17, 15) is 0 Å². The monoisotopic (exact) mass is 300 g/mol. The van der Waals surface area contributed by atoms with Crippen molar-refractivity contribution in [2.75, 3.05) is 0 Å². The molecule has 1 aromatic carbocycles. The SMILES string of the molecule is Cc1sc(=NCc2ccccc2)n(C2CCCCC2)c1C. The van der Waals surface area contributed by atoms with Gasteiger partial charge in [-0.3, -0.25) is 4.99 Å². The molecule has 0 atom stereocenters. The van der Waals surface area contributed by atoms with Gasteiger partial charge in [-0.25, -0.2) is 0 Å². The Morgan fingerprint density at radius 2 is 1.81 bits per heavy atom. The van der Waals surface area contributed by atoms with Crippen molar-refractivity contribution < 1.29 is 0 Å². The van der Waals surface area contributed by atoms with Gasteiger partial charge in [-0.2, -0.15) is 0 Å². The largest absolute Gasteiger partial charge is 0.318 e. The van der Waals surface area contributed by atoms with Gasteiger partial charge in [0.05, 0.1) is 6.54 Å². The summed E-state index contributed by atoms with van der Waals surface area (Å²) < 4.78 is 2.52. The molecule has 3 heteroatoms. The fourth-order valence-corrected chi connectivity index (χ4v) is 4.23. The Kier molecular flexibility index (Phi) is 4.59. The molecule has 3 rings (SSSR count). The smallest absolute Gasteiger partial charge is 0.185 e. The zero-order valence-corrected chi connectivity index (χ0v) is 13.8. The van der Waals surface area contributed by atoms with Crippen molar-refractivity contribution in [3.8, 4) is 0 Å². The molecular weight excluding hydrogens is 276 g/mol. The predicted molar refractivity (Wildman–Crippen MR) is 89.6 cm³/mol. The molecule has 2 aromatic rings. The average molecular weight is 300 g/mol. The van der Waals surface area contributed by atoms with E-state index in [1.807, 2.05) is 11.3 Å². The minimum atomic E-state index is 0.665. The molecule has 0 aliphatic heterocycles. The van der Waals surface area contributed by atoms with Crippen molar-refractivity contribution >= 4 is 11.3 Å². The van der Waals surface area contributed by atoms with Gasteiger partial charge in [-0.15, -0.1) is 11.3 Å². The highest BCUT2D eigenvalue weighted by atomic mass is 32.1. The van der Waals surface area contributed by atoms with Gasteiger partial charge in [0, 0.05) is 16.6 Å². The van der Waals surface area contributed by atoms with E-state index in [4.69, 9.17) is 4.99 Å². The zero-order chi connectivity index (χ0) is 14.7. The first-order valence-electron chi connectivity index (χ1n) is 7.98. The maximum absolute atomic E-state index is 4.91. The molecular formula is C18H24N2S. The van der Waals surface area contributed by atoms with Gasteiger partial charge in [0.1, 0.15) is 0 Å². The van der Waals surface area contributed by atoms with Gasteiger partial charge in [0.25, 0.3) is 0 Å². The number of aryl methyl sites for hydroxylation is 1. The van der Waals surface area contributed by atoms with E-state index in [0.717, 1.165) is 6.54 Å². The van der Waals surface area contributed by atoms with Crippen molar-refractivity contribution in [2.24, 2.45) is 4.99 Å². The van der Waals surface area contributed by atoms with Crippen LogP contribution in [0.4, 0.5) is 0 Å². The van der Waals surface area contributed by atoms with Crippen molar-refractivity contribution in [1.29, 1.82) is 0 Å². The second kappa shape index (κ2) is 6.61. The molecule has 0 bridgehead atoms. The highest BCUT2D eigenvalue weighted by molar-refractivity contribution is 7.09. The van der Waals surface area contributed by atoms with Crippen LogP contribution in [-0.2, 0) is 6.54 Å². The van der Waals surface area contributed by atoms with Crippen LogP contribution in [-0.4, -0.2) is 4.57 Å². The highest BCUT2D eigenvalue weighted by Gasteiger charge is 2.19. The Balaban J connectivity index is 1.92. The molecule has 0 radical (unpaired) electrons. The van der Waals surface area contributed by atoms with Gasteiger partial charge in [-0.05, 0) is 32.3 Å².